The Labute approximate surface area is 160 Å². The number of ether oxygens (including phenoxy) is 3. The third kappa shape index (κ3) is 3.59. The summed E-state index contributed by atoms with van der Waals surface area (Å²) >= 11 is 1.38. The van der Waals surface area contributed by atoms with Gasteiger partial charge in [-0.05, 0) is 48.9 Å². The van der Waals surface area contributed by atoms with Crippen LogP contribution in [0.25, 0.3) is 11.3 Å². The number of hydrogen-bond acceptors (Lipinski definition) is 6. The minimum absolute atomic E-state index is 0.237. The number of methoxy groups -OCH3 is 1. The van der Waals surface area contributed by atoms with Gasteiger partial charge in [-0.2, -0.15) is 0 Å². The molecule has 0 atom stereocenters. The van der Waals surface area contributed by atoms with Crippen LogP contribution in [0.5, 0.6) is 17.2 Å². The number of benzene rings is 2. The molecular formula is C20H18N2O4S. The van der Waals surface area contributed by atoms with E-state index in [0.29, 0.717) is 35.4 Å². The summed E-state index contributed by atoms with van der Waals surface area (Å²) in [6, 6.07) is 11.0. The van der Waals surface area contributed by atoms with E-state index < -0.39 is 0 Å². The van der Waals surface area contributed by atoms with Crippen molar-refractivity contribution < 1.29 is 19.0 Å². The molecule has 2 aromatic carbocycles. The summed E-state index contributed by atoms with van der Waals surface area (Å²) in [6.45, 7) is 2.99. The minimum Gasteiger partial charge on any atom is -0.496 e. The van der Waals surface area contributed by atoms with Gasteiger partial charge in [0.25, 0.3) is 5.91 Å². The summed E-state index contributed by atoms with van der Waals surface area (Å²) in [7, 11) is 1.65. The molecule has 1 amide bonds. The van der Waals surface area contributed by atoms with E-state index in [4.69, 9.17) is 14.2 Å². The van der Waals surface area contributed by atoms with Gasteiger partial charge in [0.05, 0.1) is 12.8 Å². The Kier molecular flexibility index (Phi) is 4.68. The normalized spacial score (nSPS) is 12.5. The molecule has 138 valence electrons. The molecule has 0 bridgehead atoms. The van der Waals surface area contributed by atoms with Crippen molar-refractivity contribution in [3.05, 3.63) is 52.9 Å². The molecule has 1 aromatic heterocycles. The van der Waals surface area contributed by atoms with E-state index in [2.05, 4.69) is 10.3 Å². The van der Waals surface area contributed by atoms with Crippen molar-refractivity contribution in [2.75, 3.05) is 25.6 Å². The Morgan fingerprint density at radius 3 is 2.74 bits per heavy atom. The molecule has 0 saturated heterocycles. The number of carbonyl (C=O) groups excluding carboxylic acids is 1. The summed E-state index contributed by atoms with van der Waals surface area (Å²) in [6.07, 6.45) is 0. The predicted molar refractivity (Wildman–Crippen MR) is 104 cm³/mol. The lowest BCUT2D eigenvalue weighted by molar-refractivity contribution is 0.102. The van der Waals surface area contributed by atoms with Gasteiger partial charge in [0.15, 0.2) is 16.6 Å². The minimum atomic E-state index is -0.237. The maximum atomic E-state index is 12.5. The highest BCUT2D eigenvalue weighted by Gasteiger charge is 2.16. The summed E-state index contributed by atoms with van der Waals surface area (Å²) < 4.78 is 16.3. The maximum absolute atomic E-state index is 12.5. The van der Waals surface area contributed by atoms with Gasteiger partial charge in [0.1, 0.15) is 19.0 Å². The lowest BCUT2D eigenvalue weighted by Crippen LogP contribution is -2.17. The Bertz CT molecular complexity index is 999. The molecule has 0 aliphatic carbocycles. The van der Waals surface area contributed by atoms with Crippen molar-refractivity contribution in [3.8, 4) is 28.5 Å². The largest absolute Gasteiger partial charge is 0.496 e. The number of amides is 1. The number of nitrogens with zero attached hydrogens (tertiary/aromatic N) is 1. The molecule has 0 spiro atoms. The lowest BCUT2D eigenvalue weighted by Gasteiger charge is -2.18. The molecule has 7 heteroatoms. The van der Waals surface area contributed by atoms with Crippen LogP contribution >= 0.6 is 11.3 Å². The van der Waals surface area contributed by atoms with E-state index >= 15 is 0 Å². The Morgan fingerprint density at radius 2 is 1.96 bits per heavy atom. The number of aryl methyl sites for hydroxylation is 1. The molecule has 4 rings (SSSR count). The van der Waals surface area contributed by atoms with Crippen molar-refractivity contribution in [2.45, 2.75) is 6.92 Å². The summed E-state index contributed by atoms with van der Waals surface area (Å²) in [5.74, 6) is 1.84. The Hall–Kier alpha value is -3.06. The monoisotopic (exact) mass is 382 g/mol. The van der Waals surface area contributed by atoms with Crippen molar-refractivity contribution in [3.63, 3.8) is 0 Å². The molecule has 0 unspecified atom stereocenters. The van der Waals surface area contributed by atoms with Gasteiger partial charge in [0, 0.05) is 16.5 Å². The van der Waals surface area contributed by atoms with Crippen LogP contribution < -0.4 is 19.5 Å². The highest BCUT2D eigenvalue weighted by Crippen LogP contribution is 2.32. The standard InChI is InChI=1S/C20H18N2O4S/c1-12-9-13(3-5-16(12)24-2)15-11-27-20(21-15)22-19(23)14-4-6-17-18(10-14)26-8-7-25-17/h3-6,9-11H,7-8H2,1-2H3,(H,21,22,23). The van der Waals surface area contributed by atoms with Gasteiger partial charge in [-0.3, -0.25) is 10.1 Å². The first-order valence-corrected chi connectivity index (χ1v) is 9.33. The van der Waals surface area contributed by atoms with Crippen LogP contribution in [0.3, 0.4) is 0 Å². The molecular weight excluding hydrogens is 364 g/mol. The van der Waals surface area contributed by atoms with Crippen molar-refractivity contribution in [1.29, 1.82) is 0 Å². The van der Waals surface area contributed by atoms with Crippen LogP contribution in [0, 0.1) is 6.92 Å². The Morgan fingerprint density at radius 1 is 1.15 bits per heavy atom. The second kappa shape index (κ2) is 7.28. The number of hydrogen-bond donors (Lipinski definition) is 1. The van der Waals surface area contributed by atoms with E-state index in [-0.39, 0.29) is 5.91 Å². The molecule has 3 aromatic rings. The van der Waals surface area contributed by atoms with E-state index in [1.165, 1.54) is 11.3 Å². The SMILES string of the molecule is COc1ccc(-c2csc(NC(=O)c3ccc4c(c3)OCCO4)n2)cc1C. The first-order valence-electron chi connectivity index (χ1n) is 8.45. The van der Waals surface area contributed by atoms with Crippen LogP contribution in [-0.4, -0.2) is 31.2 Å². The number of rotatable bonds is 4. The summed E-state index contributed by atoms with van der Waals surface area (Å²) in [5, 5.41) is 5.30. The van der Waals surface area contributed by atoms with Gasteiger partial charge in [-0.25, -0.2) is 4.98 Å². The highest BCUT2D eigenvalue weighted by molar-refractivity contribution is 7.14. The first-order chi connectivity index (χ1) is 13.1. The Balaban J connectivity index is 1.50. The zero-order valence-corrected chi connectivity index (χ0v) is 15.8. The highest BCUT2D eigenvalue weighted by atomic mass is 32.1. The quantitative estimate of drug-likeness (QED) is 0.734. The smallest absolute Gasteiger partial charge is 0.257 e. The fraction of sp³-hybridized carbons (Fsp3) is 0.200. The van der Waals surface area contributed by atoms with E-state index in [1.54, 1.807) is 25.3 Å². The van der Waals surface area contributed by atoms with Gasteiger partial charge in [-0.15, -0.1) is 11.3 Å². The third-order valence-electron chi connectivity index (χ3n) is 4.22. The van der Waals surface area contributed by atoms with Gasteiger partial charge < -0.3 is 14.2 Å². The van der Waals surface area contributed by atoms with E-state index in [0.717, 1.165) is 22.6 Å². The number of thiazole rings is 1. The number of aromatic nitrogens is 1. The van der Waals surface area contributed by atoms with Crippen LogP contribution in [0.1, 0.15) is 15.9 Å². The topological polar surface area (TPSA) is 69.7 Å². The third-order valence-corrected chi connectivity index (χ3v) is 4.98. The fourth-order valence-corrected chi connectivity index (χ4v) is 3.57. The van der Waals surface area contributed by atoms with E-state index in [1.807, 2.05) is 30.5 Å². The van der Waals surface area contributed by atoms with Gasteiger partial charge in [-0.1, -0.05) is 0 Å². The average Bonchev–Trinajstić information content (AvgIpc) is 3.16. The van der Waals surface area contributed by atoms with Gasteiger partial charge in [0.2, 0.25) is 0 Å². The number of fused-ring (bicyclic) bond motifs is 1. The zero-order chi connectivity index (χ0) is 18.8. The van der Waals surface area contributed by atoms with E-state index in [9.17, 15) is 4.79 Å². The average molecular weight is 382 g/mol. The van der Waals surface area contributed by atoms with Gasteiger partial charge >= 0.3 is 0 Å². The van der Waals surface area contributed by atoms with Crippen LogP contribution in [0.2, 0.25) is 0 Å². The molecule has 27 heavy (non-hydrogen) atoms. The van der Waals surface area contributed by atoms with Crippen molar-refractivity contribution >= 4 is 22.4 Å². The molecule has 1 N–H and O–H groups in total. The molecule has 2 heterocycles. The summed E-state index contributed by atoms with van der Waals surface area (Å²) in [5.41, 5.74) is 3.31. The number of nitrogens with one attached hydrogen (secondary N) is 1. The zero-order valence-electron chi connectivity index (χ0n) is 14.9. The van der Waals surface area contributed by atoms with Crippen LogP contribution in [0.4, 0.5) is 5.13 Å². The second-order valence-electron chi connectivity index (χ2n) is 6.03. The lowest BCUT2D eigenvalue weighted by atomic mass is 10.1. The number of anilines is 1. The van der Waals surface area contributed by atoms with Crippen molar-refractivity contribution in [2.24, 2.45) is 0 Å². The predicted octanol–water partition coefficient (Wildman–Crippen LogP) is 4.15. The molecule has 0 saturated carbocycles. The molecule has 0 radical (unpaired) electrons. The van der Waals surface area contributed by atoms with Crippen LogP contribution in [-0.2, 0) is 0 Å². The molecule has 0 fully saturated rings. The molecule has 6 nitrogen and oxygen atoms in total. The first kappa shape index (κ1) is 17.4. The van der Waals surface area contributed by atoms with Crippen LogP contribution in [0.15, 0.2) is 41.8 Å². The molecule has 1 aliphatic heterocycles. The molecule has 1 aliphatic rings. The number of carbonyl (C=O) groups is 1. The van der Waals surface area contributed by atoms with Crippen molar-refractivity contribution in [1.82, 2.24) is 4.98 Å². The summed E-state index contributed by atoms with van der Waals surface area (Å²) in [4.78, 5) is 17.0. The second-order valence-corrected chi connectivity index (χ2v) is 6.89. The fourth-order valence-electron chi connectivity index (χ4n) is 2.86. The maximum Gasteiger partial charge on any atom is 0.257 e.